The van der Waals surface area contributed by atoms with E-state index in [9.17, 15) is 22.8 Å². The monoisotopic (exact) mass is 265 g/mol. The predicted molar refractivity (Wildman–Crippen MR) is 54.3 cm³/mol. The topological polar surface area (TPSA) is 84.2 Å². The first-order chi connectivity index (χ1) is 8.12. The minimum absolute atomic E-state index is 0.315. The van der Waals surface area contributed by atoms with Gasteiger partial charge >= 0.3 is 18.1 Å². The van der Waals surface area contributed by atoms with Gasteiger partial charge in [-0.25, -0.2) is 9.48 Å². The number of hydrogen-bond acceptors (Lipinski definition) is 3. The molecule has 2 N–H and O–H groups in total. The van der Waals surface area contributed by atoms with E-state index in [1.807, 2.05) is 0 Å². The van der Waals surface area contributed by atoms with Crippen LogP contribution in [0, 0.1) is 0 Å². The fourth-order valence-corrected chi connectivity index (χ4v) is 1.17. The summed E-state index contributed by atoms with van der Waals surface area (Å²) in [5, 5.41) is 13.8. The molecule has 0 bridgehead atoms. The standard InChI is InChI=1S/C9H10F3N3O3/c1-4(2)15-6(3-5(14-15)7(16)17)13-8(18)9(10,11)12/h3-4H,1-2H3,(H,13,18)(H,16,17). The van der Waals surface area contributed by atoms with Crippen LogP contribution < -0.4 is 5.32 Å². The fourth-order valence-electron chi connectivity index (χ4n) is 1.17. The molecule has 1 aromatic heterocycles. The molecule has 0 aliphatic carbocycles. The number of aromatic carboxylic acids is 1. The summed E-state index contributed by atoms with van der Waals surface area (Å²) < 4.78 is 37.2. The van der Waals surface area contributed by atoms with E-state index in [0.29, 0.717) is 0 Å². The molecule has 6 nitrogen and oxygen atoms in total. The molecule has 1 rings (SSSR count). The smallest absolute Gasteiger partial charge is 0.471 e. The molecule has 1 heterocycles. The number of alkyl halides is 3. The molecule has 0 saturated heterocycles. The van der Waals surface area contributed by atoms with Crippen LogP contribution in [0.5, 0.6) is 0 Å². The van der Waals surface area contributed by atoms with Crippen molar-refractivity contribution in [2.24, 2.45) is 0 Å². The van der Waals surface area contributed by atoms with Gasteiger partial charge in [0, 0.05) is 12.1 Å². The van der Waals surface area contributed by atoms with Crippen molar-refractivity contribution in [1.82, 2.24) is 9.78 Å². The first kappa shape index (κ1) is 14.0. The Bertz CT molecular complexity index is 479. The number of hydrogen-bond donors (Lipinski definition) is 2. The molecule has 0 fully saturated rings. The number of nitrogens with one attached hydrogen (secondary N) is 1. The highest BCUT2D eigenvalue weighted by molar-refractivity contribution is 5.95. The highest BCUT2D eigenvalue weighted by atomic mass is 19.4. The van der Waals surface area contributed by atoms with Gasteiger partial charge in [0.2, 0.25) is 0 Å². The largest absolute Gasteiger partial charge is 0.476 e. The van der Waals surface area contributed by atoms with E-state index in [0.717, 1.165) is 10.7 Å². The number of carbonyl (C=O) groups is 2. The number of carboxylic acid groups (broad SMARTS) is 1. The maximum atomic E-state index is 12.1. The Balaban J connectivity index is 3.08. The van der Waals surface area contributed by atoms with Crippen LogP contribution in [0.4, 0.5) is 19.0 Å². The van der Waals surface area contributed by atoms with Crippen LogP contribution in [0.15, 0.2) is 6.07 Å². The highest BCUT2D eigenvalue weighted by Crippen LogP contribution is 2.21. The number of halogens is 3. The Hall–Kier alpha value is -2.06. The van der Waals surface area contributed by atoms with Gasteiger partial charge in [-0.1, -0.05) is 0 Å². The fraction of sp³-hybridized carbons (Fsp3) is 0.444. The molecule has 0 radical (unpaired) electrons. The lowest BCUT2D eigenvalue weighted by Gasteiger charge is -2.12. The molecule has 0 aliphatic rings. The zero-order chi connectivity index (χ0) is 14.1. The Morgan fingerprint density at radius 3 is 2.39 bits per heavy atom. The van der Waals surface area contributed by atoms with Crippen LogP contribution in [0.2, 0.25) is 0 Å². The maximum absolute atomic E-state index is 12.1. The minimum atomic E-state index is -5.05. The SMILES string of the molecule is CC(C)n1nc(C(=O)O)cc1NC(=O)C(F)(F)F. The van der Waals surface area contributed by atoms with Crippen LogP contribution in [-0.2, 0) is 4.79 Å². The summed E-state index contributed by atoms with van der Waals surface area (Å²) in [4.78, 5) is 21.4. The normalized spacial score (nSPS) is 11.7. The van der Waals surface area contributed by atoms with Crippen LogP contribution in [0.3, 0.4) is 0 Å². The summed E-state index contributed by atoms with van der Waals surface area (Å²) >= 11 is 0. The van der Waals surface area contributed by atoms with Crippen LogP contribution >= 0.6 is 0 Å². The Morgan fingerprint density at radius 2 is 2.00 bits per heavy atom. The number of amides is 1. The van der Waals surface area contributed by atoms with Gasteiger partial charge in [0.05, 0.1) is 0 Å². The number of carbonyl (C=O) groups excluding carboxylic acids is 1. The molecule has 1 amide bonds. The average Bonchev–Trinajstić information content (AvgIpc) is 2.60. The molecule has 0 unspecified atom stereocenters. The molecule has 0 aromatic carbocycles. The van der Waals surface area contributed by atoms with E-state index >= 15 is 0 Å². The van der Waals surface area contributed by atoms with Crippen molar-refractivity contribution < 1.29 is 27.9 Å². The van der Waals surface area contributed by atoms with Gasteiger partial charge < -0.3 is 10.4 Å². The molecular formula is C9H10F3N3O3. The third-order valence-electron chi connectivity index (χ3n) is 1.94. The second-order valence-electron chi connectivity index (χ2n) is 3.71. The second kappa shape index (κ2) is 4.67. The Labute approximate surface area is 99.4 Å². The van der Waals surface area contributed by atoms with Crippen molar-refractivity contribution in [2.75, 3.05) is 5.32 Å². The number of nitrogens with zero attached hydrogens (tertiary/aromatic N) is 2. The number of carboxylic acids is 1. The van der Waals surface area contributed by atoms with Gasteiger partial charge in [-0.15, -0.1) is 0 Å². The molecule has 0 atom stereocenters. The minimum Gasteiger partial charge on any atom is -0.476 e. The molecule has 0 aliphatic heterocycles. The first-order valence-electron chi connectivity index (χ1n) is 4.84. The molecular weight excluding hydrogens is 255 g/mol. The van der Waals surface area contributed by atoms with Crippen LogP contribution in [-0.4, -0.2) is 32.9 Å². The van der Waals surface area contributed by atoms with Crippen molar-refractivity contribution in [3.63, 3.8) is 0 Å². The van der Waals surface area contributed by atoms with Crippen molar-refractivity contribution in [3.05, 3.63) is 11.8 Å². The van der Waals surface area contributed by atoms with Gasteiger partial charge in [0.25, 0.3) is 0 Å². The maximum Gasteiger partial charge on any atom is 0.471 e. The summed E-state index contributed by atoms with van der Waals surface area (Å²) in [6, 6.07) is 0.466. The number of rotatable bonds is 3. The third kappa shape index (κ3) is 2.99. The second-order valence-corrected chi connectivity index (χ2v) is 3.71. The summed E-state index contributed by atoms with van der Waals surface area (Å²) in [6.45, 7) is 3.17. The lowest BCUT2D eigenvalue weighted by Crippen LogP contribution is -2.31. The summed E-state index contributed by atoms with van der Waals surface area (Å²) in [5.41, 5.74) is -0.443. The summed E-state index contributed by atoms with van der Waals surface area (Å²) in [6.07, 6.45) is -5.05. The molecule has 0 spiro atoms. The van der Waals surface area contributed by atoms with Gasteiger partial charge in [0.15, 0.2) is 5.69 Å². The van der Waals surface area contributed by atoms with Crippen molar-refractivity contribution in [1.29, 1.82) is 0 Å². The molecule has 0 saturated carbocycles. The Kier molecular flexibility index (Phi) is 3.63. The van der Waals surface area contributed by atoms with Crippen molar-refractivity contribution >= 4 is 17.7 Å². The molecule has 9 heteroatoms. The van der Waals surface area contributed by atoms with Gasteiger partial charge in [-0.3, -0.25) is 4.79 Å². The van der Waals surface area contributed by atoms with Gasteiger partial charge in [-0.05, 0) is 13.8 Å². The summed E-state index contributed by atoms with van der Waals surface area (Å²) in [7, 11) is 0. The predicted octanol–water partition coefficient (Wildman–Crippen LogP) is 1.66. The van der Waals surface area contributed by atoms with E-state index in [1.54, 1.807) is 19.2 Å². The molecule has 100 valence electrons. The Morgan fingerprint density at radius 1 is 1.44 bits per heavy atom. The zero-order valence-electron chi connectivity index (χ0n) is 9.45. The first-order valence-corrected chi connectivity index (χ1v) is 4.84. The number of aromatic nitrogens is 2. The van der Waals surface area contributed by atoms with E-state index in [2.05, 4.69) is 5.10 Å². The van der Waals surface area contributed by atoms with Crippen molar-refractivity contribution in [2.45, 2.75) is 26.1 Å². The highest BCUT2D eigenvalue weighted by Gasteiger charge is 2.39. The zero-order valence-corrected chi connectivity index (χ0v) is 9.45. The summed E-state index contributed by atoms with van der Waals surface area (Å²) in [5.74, 6) is -3.89. The lowest BCUT2D eigenvalue weighted by atomic mass is 10.4. The van der Waals surface area contributed by atoms with E-state index in [1.165, 1.54) is 0 Å². The van der Waals surface area contributed by atoms with E-state index in [4.69, 9.17) is 5.11 Å². The third-order valence-corrected chi connectivity index (χ3v) is 1.94. The number of anilines is 1. The van der Waals surface area contributed by atoms with E-state index < -0.39 is 29.8 Å². The quantitative estimate of drug-likeness (QED) is 0.870. The van der Waals surface area contributed by atoms with Crippen molar-refractivity contribution in [3.8, 4) is 0 Å². The lowest BCUT2D eigenvalue weighted by molar-refractivity contribution is -0.167. The van der Waals surface area contributed by atoms with Gasteiger partial charge in [-0.2, -0.15) is 18.3 Å². The molecule has 1 aromatic rings. The van der Waals surface area contributed by atoms with Crippen LogP contribution in [0.1, 0.15) is 30.4 Å². The molecule has 18 heavy (non-hydrogen) atoms. The van der Waals surface area contributed by atoms with Gasteiger partial charge in [0.1, 0.15) is 5.82 Å². The van der Waals surface area contributed by atoms with Crippen LogP contribution in [0.25, 0.3) is 0 Å². The van der Waals surface area contributed by atoms with E-state index in [-0.39, 0.29) is 5.82 Å². The average molecular weight is 265 g/mol.